The number of anilines is 1. The van der Waals surface area contributed by atoms with Gasteiger partial charge in [-0.1, -0.05) is 31.5 Å². The molecule has 0 atom stereocenters. The maximum Gasteiger partial charge on any atom is 0.338 e. The average molecular weight is 419 g/mol. The van der Waals surface area contributed by atoms with E-state index in [-0.39, 0.29) is 6.61 Å². The average Bonchev–Trinajstić information content (AvgIpc) is 2.80. The van der Waals surface area contributed by atoms with Crippen LogP contribution in [0.2, 0.25) is 0 Å². The van der Waals surface area contributed by atoms with E-state index in [0.29, 0.717) is 29.4 Å². The van der Waals surface area contributed by atoms with Crippen LogP contribution in [0.4, 0.5) is 5.69 Å². The molecule has 0 saturated carbocycles. The molecule has 6 heteroatoms. The molecule has 0 aliphatic rings. The number of hydrogen-bond acceptors (Lipinski definition) is 5. The maximum absolute atomic E-state index is 12.1. The van der Waals surface area contributed by atoms with Gasteiger partial charge in [0, 0.05) is 5.69 Å². The fourth-order valence-corrected chi connectivity index (χ4v) is 2.66. The van der Waals surface area contributed by atoms with Gasteiger partial charge < -0.3 is 19.5 Å². The summed E-state index contributed by atoms with van der Waals surface area (Å²) in [7, 11) is 0. The van der Waals surface area contributed by atoms with Crippen LogP contribution in [0, 0.1) is 0 Å². The summed E-state index contributed by atoms with van der Waals surface area (Å²) in [6, 6.07) is 23.0. The summed E-state index contributed by atoms with van der Waals surface area (Å²) in [4.78, 5) is 24.2. The zero-order valence-corrected chi connectivity index (χ0v) is 17.4. The zero-order chi connectivity index (χ0) is 21.9. The molecule has 0 aliphatic heterocycles. The molecule has 31 heavy (non-hydrogen) atoms. The minimum atomic E-state index is -0.568. The number of benzene rings is 3. The Bertz CT molecular complexity index is 969. The smallest absolute Gasteiger partial charge is 0.338 e. The Hall–Kier alpha value is -3.80. The minimum absolute atomic E-state index is 0.359. The monoisotopic (exact) mass is 419 g/mol. The lowest BCUT2D eigenvalue weighted by atomic mass is 10.2. The second kappa shape index (κ2) is 11.4. The van der Waals surface area contributed by atoms with Crippen molar-refractivity contribution >= 4 is 17.6 Å². The van der Waals surface area contributed by atoms with Crippen molar-refractivity contribution in [2.24, 2.45) is 0 Å². The first-order valence-electron chi connectivity index (χ1n) is 10.2. The molecule has 0 radical (unpaired) electrons. The number of carbonyl (C=O) groups excluding carboxylic acids is 2. The highest BCUT2D eigenvalue weighted by Gasteiger charge is 2.11. The Morgan fingerprint density at radius 2 is 1.45 bits per heavy atom. The highest BCUT2D eigenvalue weighted by Crippen LogP contribution is 2.22. The van der Waals surface area contributed by atoms with Gasteiger partial charge in [0.05, 0.1) is 12.2 Å². The van der Waals surface area contributed by atoms with E-state index in [1.54, 1.807) is 48.5 Å². The molecule has 0 heterocycles. The lowest BCUT2D eigenvalue weighted by Gasteiger charge is -2.09. The molecule has 160 valence electrons. The predicted molar refractivity (Wildman–Crippen MR) is 119 cm³/mol. The van der Waals surface area contributed by atoms with Crippen LogP contribution >= 0.6 is 0 Å². The highest BCUT2D eigenvalue weighted by atomic mass is 16.5. The molecule has 3 aromatic carbocycles. The van der Waals surface area contributed by atoms with Gasteiger partial charge in [0.1, 0.15) is 17.2 Å². The number of hydrogen-bond donors (Lipinski definition) is 1. The molecule has 3 rings (SSSR count). The second-order valence-electron chi connectivity index (χ2n) is 6.79. The van der Waals surface area contributed by atoms with Gasteiger partial charge in [-0.2, -0.15) is 0 Å². The first kappa shape index (κ1) is 21.9. The van der Waals surface area contributed by atoms with Crippen molar-refractivity contribution in [3.05, 3.63) is 84.4 Å². The lowest BCUT2D eigenvalue weighted by Crippen LogP contribution is -2.20. The van der Waals surface area contributed by atoms with Crippen molar-refractivity contribution in [1.82, 2.24) is 0 Å². The van der Waals surface area contributed by atoms with Crippen molar-refractivity contribution < 1.29 is 23.8 Å². The molecule has 3 aromatic rings. The molecule has 0 aliphatic carbocycles. The molecule has 0 bridgehead atoms. The third kappa shape index (κ3) is 7.19. The zero-order valence-electron chi connectivity index (χ0n) is 17.4. The summed E-state index contributed by atoms with van der Waals surface area (Å²) in [5.41, 5.74) is 0.938. The Morgan fingerprint density at radius 3 is 2.13 bits per heavy atom. The van der Waals surface area contributed by atoms with Gasteiger partial charge in [0.15, 0.2) is 6.61 Å². The van der Waals surface area contributed by atoms with Crippen molar-refractivity contribution in [3.8, 4) is 17.2 Å². The summed E-state index contributed by atoms with van der Waals surface area (Å²) < 4.78 is 16.4. The van der Waals surface area contributed by atoms with Gasteiger partial charge in [-0.05, 0) is 67.1 Å². The second-order valence-corrected chi connectivity index (χ2v) is 6.79. The number of ether oxygens (including phenoxy) is 3. The first-order valence-corrected chi connectivity index (χ1v) is 10.2. The minimum Gasteiger partial charge on any atom is -0.494 e. The van der Waals surface area contributed by atoms with Crippen LogP contribution in [0.5, 0.6) is 17.2 Å². The topological polar surface area (TPSA) is 73.9 Å². The van der Waals surface area contributed by atoms with Crippen molar-refractivity contribution in [2.45, 2.75) is 19.8 Å². The normalized spacial score (nSPS) is 10.2. The summed E-state index contributed by atoms with van der Waals surface area (Å²) >= 11 is 0. The number of para-hydroxylation sites is 1. The Balaban J connectivity index is 1.43. The van der Waals surface area contributed by atoms with E-state index < -0.39 is 11.9 Å². The largest absolute Gasteiger partial charge is 0.494 e. The van der Waals surface area contributed by atoms with Crippen LogP contribution in [0.3, 0.4) is 0 Å². The Labute approximate surface area is 181 Å². The quantitative estimate of drug-likeness (QED) is 0.349. The summed E-state index contributed by atoms with van der Waals surface area (Å²) in [6.07, 6.45) is 2.03. The van der Waals surface area contributed by atoms with Crippen LogP contribution < -0.4 is 14.8 Å². The standard InChI is InChI=1S/C25H25NO5/c1-2-3-17-29-21-13-9-19(10-14-21)25(28)30-18-24(27)26-20-11-15-23(16-12-20)31-22-7-5-4-6-8-22/h4-16H,2-3,17-18H2,1H3,(H,26,27). The summed E-state index contributed by atoms with van der Waals surface area (Å²) in [5, 5.41) is 2.69. The lowest BCUT2D eigenvalue weighted by molar-refractivity contribution is -0.119. The third-order valence-corrected chi connectivity index (χ3v) is 4.31. The van der Waals surface area contributed by atoms with Crippen molar-refractivity contribution in [1.29, 1.82) is 0 Å². The van der Waals surface area contributed by atoms with E-state index in [0.717, 1.165) is 18.6 Å². The molecule has 0 saturated heterocycles. The third-order valence-electron chi connectivity index (χ3n) is 4.31. The number of nitrogens with one attached hydrogen (secondary N) is 1. The molecule has 1 amide bonds. The van der Waals surface area contributed by atoms with Gasteiger partial charge in [-0.15, -0.1) is 0 Å². The first-order chi connectivity index (χ1) is 15.1. The van der Waals surface area contributed by atoms with E-state index in [4.69, 9.17) is 14.2 Å². The van der Waals surface area contributed by atoms with Gasteiger partial charge in [0.25, 0.3) is 5.91 Å². The predicted octanol–water partition coefficient (Wildman–Crippen LogP) is 5.45. The van der Waals surface area contributed by atoms with Gasteiger partial charge in [-0.3, -0.25) is 4.79 Å². The number of unbranched alkanes of at least 4 members (excludes halogenated alkanes) is 1. The number of amides is 1. The Morgan fingerprint density at radius 1 is 0.806 bits per heavy atom. The molecule has 0 spiro atoms. The summed E-state index contributed by atoms with van der Waals surface area (Å²) in [5.74, 6) is 1.08. The van der Waals surface area contributed by atoms with Crippen LogP contribution in [-0.4, -0.2) is 25.1 Å². The molecular formula is C25H25NO5. The molecule has 0 aromatic heterocycles. The molecule has 0 fully saturated rings. The van der Waals surface area contributed by atoms with Gasteiger partial charge in [-0.25, -0.2) is 4.79 Å². The molecule has 0 unspecified atom stereocenters. The van der Waals surface area contributed by atoms with E-state index in [9.17, 15) is 9.59 Å². The van der Waals surface area contributed by atoms with Crippen LogP contribution in [0.15, 0.2) is 78.9 Å². The molecule has 1 N–H and O–H groups in total. The van der Waals surface area contributed by atoms with Crippen LogP contribution in [0.1, 0.15) is 30.1 Å². The maximum atomic E-state index is 12.1. The highest BCUT2D eigenvalue weighted by molar-refractivity contribution is 5.95. The fraction of sp³-hybridized carbons (Fsp3) is 0.200. The molecule has 6 nitrogen and oxygen atoms in total. The van der Waals surface area contributed by atoms with Gasteiger partial charge in [0.2, 0.25) is 0 Å². The van der Waals surface area contributed by atoms with Crippen molar-refractivity contribution in [2.75, 3.05) is 18.5 Å². The van der Waals surface area contributed by atoms with Crippen molar-refractivity contribution in [3.63, 3.8) is 0 Å². The molecular weight excluding hydrogens is 394 g/mol. The van der Waals surface area contributed by atoms with E-state index in [1.165, 1.54) is 0 Å². The number of rotatable bonds is 10. The number of carbonyl (C=O) groups is 2. The van der Waals surface area contributed by atoms with E-state index in [1.807, 2.05) is 30.3 Å². The SMILES string of the molecule is CCCCOc1ccc(C(=O)OCC(=O)Nc2ccc(Oc3ccccc3)cc2)cc1. The fourth-order valence-electron chi connectivity index (χ4n) is 2.66. The van der Waals surface area contributed by atoms with E-state index >= 15 is 0 Å². The van der Waals surface area contributed by atoms with Crippen LogP contribution in [-0.2, 0) is 9.53 Å². The summed E-state index contributed by atoms with van der Waals surface area (Å²) in [6.45, 7) is 2.35. The van der Waals surface area contributed by atoms with E-state index in [2.05, 4.69) is 12.2 Å². The van der Waals surface area contributed by atoms with Gasteiger partial charge >= 0.3 is 5.97 Å². The van der Waals surface area contributed by atoms with Crippen LogP contribution in [0.25, 0.3) is 0 Å². The Kier molecular flexibility index (Phi) is 8.05. The number of esters is 1.